The van der Waals surface area contributed by atoms with Gasteiger partial charge in [-0.2, -0.15) is 0 Å². The summed E-state index contributed by atoms with van der Waals surface area (Å²) in [6.45, 7) is 7.69. The molecule has 1 aliphatic rings. The minimum atomic E-state index is -0.186. The third-order valence-corrected chi connectivity index (χ3v) is 4.65. The fourth-order valence-corrected chi connectivity index (χ4v) is 3.17. The molecule has 1 heterocycles. The Bertz CT molecular complexity index is 493. The van der Waals surface area contributed by atoms with Crippen molar-refractivity contribution in [3.8, 4) is 0 Å². The average Bonchev–Trinajstić information content (AvgIpc) is 2.61. The van der Waals surface area contributed by atoms with Gasteiger partial charge in [0.2, 0.25) is 0 Å². The lowest BCUT2D eigenvalue weighted by atomic mass is 9.97. The lowest BCUT2D eigenvalue weighted by molar-refractivity contribution is 0.185. The van der Waals surface area contributed by atoms with Crippen molar-refractivity contribution in [3.05, 3.63) is 35.6 Å². The number of piperidine rings is 1. The Kier molecular flexibility index (Phi) is 8.02. The highest BCUT2D eigenvalue weighted by molar-refractivity contribution is 5.79. The van der Waals surface area contributed by atoms with Crippen LogP contribution < -0.4 is 10.6 Å². The van der Waals surface area contributed by atoms with Gasteiger partial charge >= 0.3 is 0 Å². The molecule has 5 heteroatoms. The molecule has 0 spiro atoms. The summed E-state index contributed by atoms with van der Waals surface area (Å²) >= 11 is 0. The van der Waals surface area contributed by atoms with Gasteiger partial charge in [0.25, 0.3) is 0 Å². The fraction of sp³-hybridized carbons (Fsp3) is 0.632. The Labute approximate surface area is 145 Å². The quantitative estimate of drug-likeness (QED) is 0.595. The van der Waals surface area contributed by atoms with Crippen molar-refractivity contribution in [3.63, 3.8) is 0 Å². The maximum Gasteiger partial charge on any atom is 0.190 e. The van der Waals surface area contributed by atoms with Gasteiger partial charge in [-0.05, 0) is 68.9 Å². The molecule has 0 aromatic heterocycles. The number of guanidine groups is 1. The van der Waals surface area contributed by atoms with Crippen molar-refractivity contribution in [1.29, 1.82) is 0 Å². The predicted octanol–water partition coefficient (Wildman–Crippen LogP) is 2.66. The number of benzene rings is 1. The Hall–Kier alpha value is -1.62. The number of aliphatic imine (C=N–C) groups is 1. The maximum atomic E-state index is 12.9. The second kappa shape index (κ2) is 10.3. The lowest BCUT2D eigenvalue weighted by Crippen LogP contribution is -2.43. The van der Waals surface area contributed by atoms with Crippen molar-refractivity contribution in [2.24, 2.45) is 10.9 Å². The van der Waals surface area contributed by atoms with Gasteiger partial charge in [-0.15, -0.1) is 0 Å². The van der Waals surface area contributed by atoms with E-state index >= 15 is 0 Å². The molecule has 0 amide bonds. The summed E-state index contributed by atoms with van der Waals surface area (Å²) in [6.07, 6.45) is 4.63. The summed E-state index contributed by atoms with van der Waals surface area (Å²) in [7, 11) is 1.80. The first kappa shape index (κ1) is 18.7. The molecule has 2 N–H and O–H groups in total. The molecule has 0 unspecified atom stereocenters. The van der Waals surface area contributed by atoms with Gasteiger partial charge in [-0.1, -0.05) is 19.1 Å². The normalized spacial score (nSPS) is 17.0. The average molecular weight is 334 g/mol. The van der Waals surface area contributed by atoms with Crippen molar-refractivity contribution < 1.29 is 4.39 Å². The zero-order valence-corrected chi connectivity index (χ0v) is 15.0. The standard InChI is InChI=1S/C19H31FN4/c1-3-12-24-13-9-17(10-14-24)15-23-19(21-2)22-11-8-16-4-6-18(20)7-5-16/h4-7,17H,3,8-15H2,1-2H3,(H2,21,22,23). The molecule has 134 valence electrons. The topological polar surface area (TPSA) is 39.7 Å². The fourth-order valence-electron chi connectivity index (χ4n) is 3.17. The molecule has 1 fully saturated rings. The van der Waals surface area contributed by atoms with Crippen LogP contribution in [0.5, 0.6) is 0 Å². The highest BCUT2D eigenvalue weighted by Crippen LogP contribution is 2.16. The second-order valence-corrected chi connectivity index (χ2v) is 6.54. The molecule has 0 bridgehead atoms. The predicted molar refractivity (Wildman–Crippen MR) is 98.9 cm³/mol. The van der Waals surface area contributed by atoms with Crippen LogP contribution in [-0.4, -0.2) is 50.6 Å². The van der Waals surface area contributed by atoms with Crippen LogP contribution in [0.1, 0.15) is 31.7 Å². The SMILES string of the molecule is CCCN1CCC(CNC(=NC)NCCc2ccc(F)cc2)CC1. The smallest absolute Gasteiger partial charge is 0.190 e. The van der Waals surface area contributed by atoms with Gasteiger partial charge in [-0.25, -0.2) is 4.39 Å². The third-order valence-electron chi connectivity index (χ3n) is 4.65. The molecule has 1 aromatic rings. The van der Waals surface area contributed by atoms with E-state index in [1.54, 1.807) is 7.05 Å². The van der Waals surface area contributed by atoms with Gasteiger partial charge in [0.1, 0.15) is 5.82 Å². The number of rotatable bonds is 7. The molecule has 0 aliphatic carbocycles. The van der Waals surface area contributed by atoms with Crippen LogP contribution in [0, 0.1) is 11.7 Å². The number of halogens is 1. The van der Waals surface area contributed by atoms with Crippen LogP contribution in [-0.2, 0) is 6.42 Å². The number of likely N-dealkylation sites (tertiary alicyclic amines) is 1. The highest BCUT2D eigenvalue weighted by atomic mass is 19.1. The van der Waals surface area contributed by atoms with Crippen LogP contribution in [0.3, 0.4) is 0 Å². The molecule has 1 aromatic carbocycles. The first-order chi connectivity index (χ1) is 11.7. The van der Waals surface area contributed by atoms with Gasteiger partial charge in [0, 0.05) is 20.1 Å². The number of nitrogens with one attached hydrogen (secondary N) is 2. The zero-order chi connectivity index (χ0) is 17.2. The van der Waals surface area contributed by atoms with E-state index in [4.69, 9.17) is 0 Å². The highest BCUT2D eigenvalue weighted by Gasteiger charge is 2.18. The van der Waals surface area contributed by atoms with Gasteiger partial charge in [0.05, 0.1) is 0 Å². The molecule has 0 atom stereocenters. The van der Waals surface area contributed by atoms with Crippen molar-refractivity contribution in [1.82, 2.24) is 15.5 Å². The van der Waals surface area contributed by atoms with E-state index in [2.05, 4.69) is 27.4 Å². The number of hydrogen-bond donors (Lipinski definition) is 2. The van der Waals surface area contributed by atoms with Crippen LogP contribution in [0.4, 0.5) is 4.39 Å². The van der Waals surface area contributed by atoms with Gasteiger partial charge < -0.3 is 15.5 Å². The molecule has 2 rings (SSSR count). The van der Waals surface area contributed by atoms with E-state index in [1.807, 2.05) is 12.1 Å². The Balaban J connectivity index is 1.63. The molecular formula is C19H31FN4. The molecule has 0 saturated carbocycles. The van der Waals surface area contributed by atoms with E-state index in [1.165, 1.54) is 51.0 Å². The zero-order valence-electron chi connectivity index (χ0n) is 15.0. The van der Waals surface area contributed by atoms with Crippen molar-refractivity contribution in [2.45, 2.75) is 32.6 Å². The first-order valence-corrected chi connectivity index (χ1v) is 9.12. The molecule has 24 heavy (non-hydrogen) atoms. The van der Waals surface area contributed by atoms with E-state index < -0.39 is 0 Å². The van der Waals surface area contributed by atoms with Crippen molar-refractivity contribution in [2.75, 3.05) is 39.8 Å². The summed E-state index contributed by atoms with van der Waals surface area (Å²) in [5.74, 6) is 1.40. The molecule has 4 nitrogen and oxygen atoms in total. The Morgan fingerprint density at radius 2 is 1.92 bits per heavy atom. The third kappa shape index (κ3) is 6.48. The summed E-state index contributed by atoms with van der Waals surface area (Å²) < 4.78 is 12.9. The maximum absolute atomic E-state index is 12.9. The first-order valence-electron chi connectivity index (χ1n) is 9.12. The van der Waals surface area contributed by atoms with Gasteiger partial charge in [-0.3, -0.25) is 4.99 Å². The van der Waals surface area contributed by atoms with Crippen molar-refractivity contribution >= 4 is 5.96 Å². The number of hydrogen-bond acceptors (Lipinski definition) is 2. The second-order valence-electron chi connectivity index (χ2n) is 6.54. The minimum absolute atomic E-state index is 0.186. The summed E-state index contributed by atoms with van der Waals surface area (Å²) in [6, 6.07) is 6.68. The summed E-state index contributed by atoms with van der Waals surface area (Å²) in [5, 5.41) is 6.78. The van der Waals surface area contributed by atoms with Crippen LogP contribution >= 0.6 is 0 Å². The van der Waals surface area contributed by atoms with Crippen LogP contribution in [0.2, 0.25) is 0 Å². The summed E-state index contributed by atoms with van der Waals surface area (Å²) in [4.78, 5) is 6.85. The molecule has 0 radical (unpaired) electrons. The number of nitrogens with zero attached hydrogens (tertiary/aromatic N) is 2. The monoisotopic (exact) mass is 334 g/mol. The van der Waals surface area contributed by atoms with E-state index in [-0.39, 0.29) is 5.82 Å². The summed E-state index contributed by atoms with van der Waals surface area (Å²) in [5.41, 5.74) is 1.13. The minimum Gasteiger partial charge on any atom is -0.356 e. The molecular weight excluding hydrogens is 303 g/mol. The lowest BCUT2D eigenvalue weighted by Gasteiger charge is -2.32. The van der Waals surface area contributed by atoms with Gasteiger partial charge in [0.15, 0.2) is 5.96 Å². The van der Waals surface area contributed by atoms with E-state index in [0.717, 1.165) is 37.0 Å². The van der Waals surface area contributed by atoms with E-state index in [0.29, 0.717) is 0 Å². The molecule has 1 saturated heterocycles. The van der Waals surface area contributed by atoms with Crippen LogP contribution in [0.25, 0.3) is 0 Å². The molecule has 1 aliphatic heterocycles. The van der Waals surface area contributed by atoms with E-state index in [9.17, 15) is 4.39 Å². The largest absolute Gasteiger partial charge is 0.356 e. The van der Waals surface area contributed by atoms with Crippen LogP contribution in [0.15, 0.2) is 29.3 Å². The Morgan fingerprint density at radius 3 is 2.54 bits per heavy atom. The Morgan fingerprint density at radius 1 is 1.21 bits per heavy atom.